The van der Waals surface area contributed by atoms with Crippen LogP contribution < -0.4 is 9.94 Å². The van der Waals surface area contributed by atoms with Gasteiger partial charge in [-0.2, -0.15) is 0 Å². The molecule has 0 saturated carbocycles. The molecule has 0 aromatic heterocycles. The molecule has 0 spiro atoms. The lowest BCUT2D eigenvalue weighted by atomic mass is 10.3. The Morgan fingerprint density at radius 1 is 1.41 bits per heavy atom. The lowest BCUT2D eigenvalue weighted by molar-refractivity contribution is -0.530. The molecule has 1 aliphatic rings. The van der Waals surface area contributed by atoms with Crippen molar-refractivity contribution >= 4 is 29.2 Å². The molecule has 0 aliphatic carbocycles. The van der Waals surface area contributed by atoms with Crippen LogP contribution >= 0.6 is 11.9 Å². The number of para-hydroxylation sites is 1. The second-order valence-corrected chi connectivity index (χ2v) is 4.46. The Morgan fingerprint density at radius 3 is 2.71 bits per heavy atom. The maximum atomic E-state index is 11.7. The lowest BCUT2D eigenvalue weighted by Gasteiger charge is -2.04. The van der Waals surface area contributed by atoms with Gasteiger partial charge in [0, 0.05) is 6.92 Å². The molecule has 4 nitrogen and oxygen atoms in total. The summed E-state index contributed by atoms with van der Waals surface area (Å²) in [4.78, 5) is 7.93. The van der Waals surface area contributed by atoms with Gasteiger partial charge in [0.15, 0.2) is 7.05 Å². The number of aliphatic imine (C=N–C) groups is 1. The summed E-state index contributed by atoms with van der Waals surface area (Å²) in [6.07, 6.45) is 1.55. The number of hydrogen-bond acceptors (Lipinski definition) is 4. The molecule has 1 aromatic rings. The molecule has 1 heterocycles. The lowest BCUT2D eigenvalue weighted by Crippen LogP contribution is -2.17. The monoisotopic (exact) mass is 247 g/mol. The van der Waals surface area contributed by atoms with E-state index >= 15 is 0 Å². The zero-order valence-electron chi connectivity index (χ0n) is 9.68. The van der Waals surface area contributed by atoms with Crippen LogP contribution in [0.25, 0.3) is 0 Å². The Balaban J connectivity index is 2.20. The van der Waals surface area contributed by atoms with Crippen LogP contribution in [0.1, 0.15) is 6.92 Å². The molecule has 0 radical (unpaired) electrons. The van der Waals surface area contributed by atoms with Crippen molar-refractivity contribution < 1.29 is 9.79 Å². The summed E-state index contributed by atoms with van der Waals surface area (Å²) in [6, 6.07) is 9.22. The molecule has 1 aromatic carbocycles. The molecule has 0 amide bonds. The van der Waals surface area contributed by atoms with Gasteiger partial charge in [-0.3, -0.25) is 4.99 Å². The van der Waals surface area contributed by atoms with Crippen molar-refractivity contribution in [1.82, 2.24) is 4.83 Å². The Morgan fingerprint density at radius 2 is 2.12 bits per heavy atom. The zero-order valence-corrected chi connectivity index (χ0v) is 10.5. The number of hydrazine groups is 1. The second-order valence-electron chi connectivity index (χ2n) is 3.63. The molecule has 2 rings (SSSR count). The van der Waals surface area contributed by atoms with Crippen LogP contribution in [-0.2, 0) is 0 Å². The number of benzene rings is 1. The molecule has 88 valence electrons. The summed E-state index contributed by atoms with van der Waals surface area (Å²) >= 11 is 1.42. The second kappa shape index (κ2) is 5.05. The van der Waals surface area contributed by atoms with Gasteiger partial charge in [-0.1, -0.05) is 18.2 Å². The predicted octanol–water partition coefficient (Wildman–Crippen LogP) is 1.23. The summed E-state index contributed by atoms with van der Waals surface area (Å²) in [5.74, 6) is -0.241. The summed E-state index contributed by atoms with van der Waals surface area (Å²) in [7, 11) is 1.90. The normalized spacial score (nSPS) is 18.7. The van der Waals surface area contributed by atoms with Gasteiger partial charge in [0.05, 0.1) is 17.6 Å². The number of nitrogens with one attached hydrogen (secondary N) is 1. The van der Waals surface area contributed by atoms with E-state index in [1.807, 2.05) is 36.9 Å². The van der Waals surface area contributed by atoms with Gasteiger partial charge in [-0.05, 0) is 24.1 Å². The maximum Gasteiger partial charge on any atom is 0.218 e. The summed E-state index contributed by atoms with van der Waals surface area (Å²) < 4.78 is 1.87. The van der Waals surface area contributed by atoms with E-state index in [2.05, 4.69) is 9.82 Å². The van der Waals surface area contributed by atoms with Gasteiger partial charge < -0.3 is 5.11 Å². The van der Waals surface area contributed by atoms with Gasteiger partial charge >= 0.3 is 0 Å². The quantitative estimate of drug-likeness (QED) is 0.370. The maximum absolute atomic E-state index is 11.7. The van der Waals surface area contributed by atoms with Crippen LogP contribution in [-0.4, -0.2) is 23.3 Å². The molecule has 0 bridgehead atoms. The van der Waals surface area contributed by atoms with Crippen molar-refractivity contribution in [2.75, 3.05) is 7.05 Å². The molecule has 0 unspecified atom stereocenters. The molecule has 1 aliphatic heterocycles. The third-order valence-electron chi connectivity index (χ3n) is 2.40. The fourth-order valence-electron chi connectivity index (χ4n) is 1.33. The smallest absolute Gasteiger partial charge is 0.218 e. The SMILES string of the molecule is CC1=[N+](C)NSC1=CC([O-])=Nc1ccccc1. The minimum absolute atomic E-state index is 0.241. The van der Waals surface area contributed by atoms with Crippen molar-refractivity contribution in [1.29, 1.82) is 0 Å². The predicted molar refractivity (Wildman–Crippen MR) is 69.2 cm³/mol. The Bertz CT molecular complexity index is 506. The first-order valence-electron chi connectivity index (χ1n) is 5.19. The minimum atomic E-state index is -0.241. The number of rotatable bonds is 2. The van der Waals surface area contributed by atoms with Crippen molar-refractivity contribution in [3.8, 4) is 0 Å². The van der Waals surface area contributed by atoms with Gasteiger partial charge in [0.25, 0.3) is 0 Å². The summed E-state index contributed by atoms with van der Waals surface area (Å²) in [6.45, 7) is 1.95. The highest BCUT2D eigenvalue weighted by atomic mass is 32.2. The molecule has 0 saturated heterocycles. The van der Waals surface area contributed by atoms with Gasteiger partial charge in [-0.15, -0.1) is 9.52 Å². The number of hydrazone groups is 1. The van der Waals surface area contributed by atoms with Crippen LogP contribution in [0.3, 0.4) is 0 Å². The standard InChI is InChI=1S/C12H13N3OS/c1-9-11(17-14-15(9)2)8-12(16)13-10-6-4-3-5-7-10/h3-8H,1-2H3,(H-,13,14,16). The number of allylic oxidation sites excluding steroid dienone is 1. The molecule has 1 N–H and O–H groups in total. The Labute approximate surface area is 104 Å². The molecule has 17 heavy (non-hydrogen) atoms. The first kappa shape index (κ1) is 11.7. The molecule has 0 atom stereocenters. The van der Waals surface area contributed by atoms with E-state index in [0.717, 1.165) is 10.6 Å². The Kier molecular flexibility index (Phi) is 3.49. The first-order valence-corrected chi connectivity index (χ1v) is 6.01. The van der Waals surface area contributed by atoms with E-state index in [9.17, 15) is 5.11 Å². The third kappa shape index (κ3) is 2.88. The van der Waals surface area contributed by atoms with Gasteiger partial charge in [0.1, 0.15) is 4.91 Å². The van der Waals surface area contributed by atoms with E-state index < -0.39 is 0 Å². The minimum Gasteiger partial charge on any atom is -0.859 e. The molecular weight excluding hydrogens is 234 g/mol. The molecular formula is C12H13N3OS. The highest BCUT2D eigenvalue weighted by molar-refractivity contribution is 8.02. The van der Waals surface area contributed by atoms with E-state index in [0.29, 0.717) is 5.69 Å². The average molecular weight is 247 g/mol. The molecule has 0 fully saturated rings. The van der Waals surface area contributed by atoms with E-state index in [4.69, 9.17) is 0 Å². The highest BCUT2D eigenvalue weighted by Gasteiger charge is 2.20. The summed E-state index contributed by atoms with van der Waals surface area (Å²) in [5, 5.41) is 11.7. The zero-order chi connectivity index (χ0) is 12.3. The Hall–Kier alpha value is -1.75. The van der Waals surface area contributed by atoms with Crippen LogP contribution in [0, 0.1) is 0 Å². The largest absolute Gasteiger partial charge is 0.859 e. The van der Waals surface area contributed by atoms with Crippen LogP contribution in [0.2, 0.25) is 0 Å². The number of nitrogens with zero attached hydrogens (tertiary/aromatic N) is 2. The van der Waals surface area contributed by atoms with E-state index in [-0.39, 0.29) is 5.90 Å². The van der Waals surface area contributed by atoms with Crippen LogP contribution in [0.4, 0.5) is 5.69 Å². The van der Waals surface area contributed by atoms with Gasteiger partial charge in [-0.25, -0.2) is 0 Å². The molecule has 5 heteroatoms. The van der Waals surface area contributed by atoms with Crippen molar-refractivity contribution in [2.45, 2.75) is 6.92 Å². The van der Waals surface area contributed by atoms with Crippen LogP contribution in [0.15, 0.2) is 46.3 Å². The van der Waals surface area contributed by atoms with Crippen LogP contribution in [0.5, 0.6) is 0 Å². The highest BCUT2D eigenvalue weighted by Crippen LogP contribution is 2.19. The fourth-order valence-corrected chi connectivity index (χ4v) is 2.15. The van der Waals surface area contributed by atoms with Crippen molar-refractivity contribution in [3.63, 3.8) is 0 Å². The van der Waals surface area contributed by atoms with E-state index in [1.165, 1.54) is 11.9 Å². The topological polar surface area (TPSA) is 50.5 Å². The number of hydrogen-bond donors (Lipinski definition) is 1. The van der Waals surface area contributed by atoms with Gasteiger partial charge in [0.2, 0.25) is 5.71 Å². The first-order chi connectivity index (χ1) is 8.16. The van der Waals surface area contributed by atoms with Crippen molar-refractivity contribution in [3.05, 3.63) is 41.3 Å². The fraction of sp³-hybridized carbons (Fsp3) is 0.167. The van der Waals surface area contributed by atoms with E-state index in [1.54, 1.807) is 18.2 Å². The average Bonchev–Trinajstić information content (AvgIpc) is 2.62. The summed E-state index contributed by atoms with van der Waals surface area (Å²) in [5.41, 5.74) is 1.70. The third-order valence-corrected chi connectivity index (χ3v) is 3.40. The van der Waals surface area contributed by atoms with Crippen molar-refractivity contribution in [2.24, 2.45) is 4.99 Å².